The van der Waals surface area contributed by atoms with Crippen LogP contribution in [0.3, 0.4) is 0 Å². The van der Waals surface area contributed by atoms with E-state index in [1.807, 2.05) is 38.1 Å². The second-order valence-corrected chi connectivity index (χ2v) is 21.6. The van der Waals surface area contributed by atoms with Gasteiger partial charge in [-0.25, -0.2) is 15.0 Å². The van der Waals surface area contributed by atoms with Crippen molar-refractivity contribution in [1.29, 1.82) is 5.26 Å². The summed E-state index contributed by atoms with van der Waals surface area (Å²) in [6, 6.07) is 16.9. The number of aryl methyl sites for hydroxylation is 1. The van der Waals surface area contributed by atoms with Crippen molar-refractivity contribution in [3.63, 3.8) is 0 Å². The second kappa shape index (κ2) is 21.6. The molecule has 0 aliphatic carbocycles. The number of aliphatic hydroxyl groups excluding tert-OH is 1. The molecule has 394 valence electrons. The number of hydrogen-bond donors (Lipinski definition) is 3. The minimum absolute atomic E-state index is 0.0297. The Morgan fingerprint density at radius 3 is 2.28 bits per heavy atom. The Balaban J connectivity index is 0.806. The number of rotatable bonds is 14. The topological polar surface area (TPSA) is 206 Å². The lowest BCUT2D eigenvalue weighted by atomic mass is 9.85. The molecule has 22 heteroatoms. The number of likely N-dealkylation sites (tertiary alicyclic amines) is 1. The van der Waals surface area contributed by atoms with Gasteiger partial charge in [-0.3, -0.25) is 24.1 Å². The number of thiazole rings is 1. The molecule has 0 saturated carbocycles. The number of nitrogens with zero attached hydrogens (tertiary/aromatic N) is 8. The van der Waals surface area contributed by atoms with Gasteiger partial charge in [0.05, 0.1) is 69.2 Å². The first-order valence-electron chi connectivity index (χ1n) is 24.3. The predicted molar refractivity (Wildman–Crippen MR) is 279 cm³/mol. The molecule has 5 aromatic rings. The maximum atomic E-state index is 14.2. The van der Waals surface area contributed by atoms with Gasteiger partial charge in [0.1, 0.15) is 35.3 Å². The number of nitrogens with one attached hydrogen (secondary N) is 2. The van der Waals surface area contributed by atoms with Crippen molar-refractivity contribution in [3.8, 4) is 28.1 Å². The highest BCUT2D eigenvalue weighted by Gasteiger charge is 2.51. The van der Waals surface area contributed by atoms with E-state index >= 15 is 0 Å². The Labute approximate surface area is 441 Å². The molecule has 0 radical (unpaired) electrons. The summed E-state index contributed by atoms with van der Waals surface area (Å²) in [6.45, 7) is 13.2. The Hall–Kier alpha value is -7.22. The largest absolute Gasteiger partial charge is 0.482 e. The molecule has 3 fully saturated rings. The standard InChI is InChI=1S/C53H57F3N10O7S2/c1-30(32-8-10-33(11-9-32)45-31(2)60-29-75-45)61-47(69)41-23-37(67)27-64(41)48(70)46(51(3,4)5)62-43(68)28-72-39-15-17-44(59-26-39)73-38-18-20-63(21-19-38)42-16-14-36(25-58-42)66-50(74)65(49(71)52(66,6)7)35-13-12-34(24-57)40(22-35)53(54,55)56/h8-17,22,25-26,29-30,37-38,41,46,67H,18-21,23,27-28H2,1-7H3,(H,61,69)(H,62,68)/t30-,37+,41-,46?/m0/s1. The third-order valence-corrected chi connectivity index (χ3v) is 14.9. The van der Waals surface area contributed by atoms with E-state index in [-0.39, 0.29) is 35.9 Å². The molecule has 4 atom stereocenters. The summed E-state index contributed by atoms with van der Waals surface area (Å²) in [5, 5.41) is 25.7. The van der Waals surface area contributed by atoms with Gasteiger partial charge in [-0.2, -0.15) is 18.4 Å². The maximum Gasteiger partial charge on any atom is 0.417 e. The lowest BCUT2D eigenvalue weighted by Crippen LogP contribution is -2.58. The molecule has 0 bridgehead atoms. The zero-order valence-electron chi connectivity index (χ0n) is 42.3. The van der Waals surface area contributed by atoms with Gasteiger partial charge in [0, 0.05) is 45.0 Å². The number of alkyl halides is 3. The first-order chi connectivity index (χ1) is 35.4. The summed E-state index contributed by atoms with van der Waals surface area (Å²) < 4.78 is 53.3. The summed E-state index contributed by atoms with van der Waals surface area (Å²) in [5.74, 6) is -0.693. The van der Waals surface area contributed by atoms with Crippen molar-refractivity contribution < 1.29 is 46.9 Å². The number of halogens is 3. The van der Waals surface area contributed by atoms with Crippen molar-refractivity contribution in [2.24, 2.45) is 5.41 Å². The van der Waals surface area contributed by atoms with Crippen LogP contribution >= 0.6 is 23.6 Å². The quantitative estimate of drug-likeness (QED) is 0.0921. The van der Waals surface area contributed by atoms with Crippen LogP contribution < -0.4 is 34.8 Å². The number of thiocarbonyl (C=S) groups is 1. The summed E-state index contributed by atoms with van der Waals surface area (Å²) in [5.41, 5.74) is 1.24. The van der Waals surface area contributed by atoms with Crippen LogP contribution in [0.5, 0.6) is 11.6 Å². The van der Waals surface area contributed by atoms with Crippen molar-refractivity contribution in [3.05, 3.63) is 107 Å². The first kappa shape index (κ1) is 54.1. The number of β-amino-alcohol motifs (C(OH)–C–C–N with tert-alkyl or cyclic N) is 1. The predicted octanol–water partition coefficient (Wildman–Crippen LogP) is 7.51. The molecule has 75 heavy (non-hydrogen) atoms. The highest BCUT2D eigenvalue weighted by atomic mass is 32.1. The van der Waals surface area contributed by atoms with Gasteiger partial charge in [0.15, 0.2) is 11.7 Å². The maximum absolute atomic E-state index is 14.2. The zero-order chi connectivity index (χ0) is 54.1. The average Bonchev–Trinajstić information content (AvgIpc) is 4.04. The minimum Gasteiger partial charge on any atom is -0.482 e. The van der Waals surface area contributed by atoms with Crippen LogP contribution in [-0.4, -0.2) is 110 Å². The smallest absolute Gasteiger partial charge is 0.417 e. The average molecular weight is 1070 g/mol. The fourth-order valence-corrected chi connectivity index (χ4v) is 10.8. The fraction of sp³-hybridized carbons (Fsp3) is 0.415. The number of aromatic nitrogens is 3. The Kier molecular flexibility index (Phi) is 15.5. The molecule has 2 aromatic carbocycles. The van der Waals surface area contributed by atoms with E-state index in [2.05, 4.69) is 30.5 Å². The number of hydrogen-bond acceptors (Lipinski definition) is 14. The number of ether oxygens (including phenoxy) is 2. The van der Waals surface area contributed by atoms with Crippen LogP contribution in [0.2, 0.25) is 0 Å². The van der Waals surface area contributed by atoms with Crippen LogP contribution in [0, 0.1) is 23.7 Å². The van der Waals surface area contributed by atoms with E-state index in [0.29, 0.717) is 49.1 Å². The highest BCUT2D eigenvalue weighted by Crippen LogP contribution is 2.40. The Morgan fingerprint density at radius 1 is 0.973 bits per heavy atom. The van der Waals surface area contributed by atoms with Crippen LogP contribution in [0.15, 0.2) is 84.6 Å². The number of benzene rings is 2. The van der Waals surface area contributed by atoms with Gasteiger partial charge in [-0.15, -0.1) is 11.3 Å². The number of carbonyl (C=O) groups is 4. The fourth-order valence-electron chi connectivity index (χ4n) is 9.42. The van der Waals surface area contributed by atoms with Crippen molar-refractivity contribution in [1.82, 2.24) is 30.5 Å². The molecule has 3 saturated heterocycles. The summed E-state index contributed by atoms with van der Waals surface area (Å²) >= 11 is 7.23. The van der Waals surface area contributed by atoms with Crippen LogP contribution in [0.4, 0.5) is 30.4 Å². The zero-order valence-corrected chi connectivity index (χ0v) is 44.0. The van der Waals surface area contributed by atoms with E-state index in [4.69, 9.17) is 21.7 Å². The van der Waals surface area contributed by atoms with E-state index in [0.717, 1.165) is 38.7 Å². The molecule has 3 aromatic heterocycles. The lowest BCUT2D eigenvalue weighted by Gasteiger charge is -2.35. The Morgan fingerprint density at radius 2 is 1.68 bits per heavy atom. The molecule has 3 aliphatic heterocycles. The Bertz CT molecular complexity index is 2990. The molecule has 3 N–H and O–H groups in total. The van der Waals surface area contributed by atoms with E-state index in [9.17, 15) is 42.7 Å². The molecule has 0 spiro atoms. The second-order valence-electron chi connectivity index (χ2n) is 20.3. The molecular weight excluding hydrogens is 1010 g/mol. The summed E-state index contributed by atoms with van der Waals surface area (Å²) in [6.07, 6.45) is -1.58. The van der Waals surface area contributed by atoms with Gasteiger partial charge >= 0.3 is 6.18 Å². The van der Waals surface area contributed by atoms with E-state index < -0.39 is 76.7 Å². The molecule has 6 heterocycles. The number of aliphatic hydroxyl groups is 1. The SMILES string of the molecule is Cc1ncsc1-c1ccc([C@H](C)NC(=O)[C@@H]2C[C@@H](O)CN2C(=O)C(NC(=O)COc2ccc(OC3CCN(c4ccc(N5C(=S)N(c6ccc(C#N)c(C(F)(F)F)c6)C(=O)C5(C)C)cn4)CC3)nc2)C(C)(C)C)cc1. The molecule has 1 unspecified atom stereocenters. The molecule has 3 aliphatic rings. The molecule has 4 amide bonds. The summed E-state index contributed by atoms with van der Waals surface area (Å²) in [7, 11) is 0. The third kappa shape index (κ3) is 11.7. The monoisotopic (exact) mass is 1070 g/mol. The van der Waals surface area contributed by atoms with Gasteiger partial charge in [0.25, 0.3) is 11.8 Å². The number of nitriles is 1. The number of amides is 4. The summed E-state index contributed by atoms with van der Waals surface area (Å²) in [4.78, 5) is 75.3. The lowest BCUT2D eigenvalue weighted by molar-refractivity contribution is -0.144. The van der Waals surface area contributed by atoms with Crippen LogP contribution in [-0.2, 0) is 25.4 Å². The third-order valence-electron chi connectivity index (χ3n) is 13.5. The van der Waals surface area contributed by atoms with Crippen molar-refractivity contribution in [2.75, 3.05) is 40.9 Å². The number of anilines is 3. The van der Waals surface area contributed by atoms with E-state index in [1.54, 1.807) is 92.9 Å². The number of carbonyl (C=O) groups excluding carboxylic acids is 4. The van der Waals surface area contributed by atoms with Crippen LogP contribution in [0.1, 0.15) is 89.2 Å². The molecule has 8 rings (SSSR count). The highest BCUT2D eigenvalue weighted by molar-refractivity contribution is 7.81. The van der Waals surface area contributed by atoms with Gasteiger partial charge in [0.2, 0.25) is 17.7 Å². The van der Waals surface area contributed by atoms with Gasteiger partial charge in [-0.1, -0.05) is 45.0 Å². The van der Waals surface area contributed by atoms with Crippen LogP contribution in [0.25, 0.3) is 10.4 Å². The molecule has 17 nitrogen and oxygen atoms in total. The normalized spacial score (nSPS) is 18.9. The van der Waals surface area contributed by atoms with Gasteiger partial charge < -0.3 is 39.9 Å². The van der Waals surface area contributed by atoms with Crippen molar-refractivity contribution in [2.45, 2.75) is 110 Å². The minimum atomic E-state index is -4.82. The van der Waals surface area contributed by atoms with Gasteiger partial charge in [-0.05, 0) is 92.9 Å². The van der Waals surface area contributed by atoms with Crippen molar-refractivity contribution >= 4 is 69.5 Å². The number of pyridine rings is 2. The van der Waals surface area contributed by atoms with E-state index in [1.165, 1.54) is 17.2 Å². The molecular formula is C53H57F3N10O7S2. The first-order valence-corrected chi connectivity index (χ1v) is 25.6. The number of piperidine rings is 1.